The van der Waals surface area contributed by atoms with Gasteiger partial charge in [0.05, 0.1) is 13.1 Å². The number of ether oxygens (including phenoxy) is 2. The molecule has 0 bridgehead atoms. The van der Waals surface area contributed by atoms with Crippen molar-refractivity contribution in [2.24, 2.45) is 11.5 Å². The number of hydrogen-bond donors (Lipinski definition) is 2. The van der Waals surface area contributed by atoms with Gasteiger partial charge >= 0.3 is 0 Å². The van der Waals surface area contributed by atoms with E-state index >= 15 is 0 Å². The third kappa shape index (κ3) is 5.64. The molecule has 144 valence electrons. The van der Waals surface area contributed by atoms with E-state index in [2.05, 4.69) is 13.8 Å². The summed E-state index contributed by atoms with van der Waals surface area (Å²) in [6, 6.07) is 15.3. The summed E-state index contributed by atoms with van der Waals surface area (Å²) in [6.07, 6.45) is 0. The Balaban J connectivity index is 2.06. The van der Waals surface area contributed by atoms with Crippen molar-refractivity contribution in [3.8, 4) is 11.5 Å². The number of rotatable bonds is 10. The SMILES string of the molecule is CC(C)(c1ccc(OCC(=O)CN)cc1)c1ccc(OCC(=O)CN)cc1. The zero-order chi connectivity index (χ0) is 19.9. The van der Waals surface area contributed by atoms with Crippen molar-refractivity contribution < 1.29 is 19.1 Å². The second kappa shape index (κ2) is 9.30. The van der Waals surface area contributed by atoms with Gasteiger partial charge in [0.15, 0.2) is 11.6 Å². The zero-order valence-corrected chi connectivity index (χ0v) is 15.7. The molecule has 0 atom stereocenters. The van der Waals surface area contributed by atoms with E-state index in [1.54, 1.807) is 0 Å². The Kier molecular flexibility index (Phi) is 7.10. The highest BCUT2D eigenvalue weighted by Crippen LogP contribution is 2.33. The van der Waals surface area contributed by atoms with Crippen LogP contribution in [-0.2, 0) is 15.0 Å². The highest BCUT2D eigenvalue weighted by molar-refractivity contribution is 5.82. The number of carbonyl (C=O) groups is 2. The van der Waals surface area contributed by atoms with Crippen LogP contribution in [0.5, 0.6) is 11.5 Å². The van der Waals surface area contributed by atoms with E-state index in [0.717, 1.165) is 11.1 Å². The second-order valence-corrected chi connectivity index (χ2v) is 6.74. The molecule has 0 radical (unpaired) electrons. The second-order valence-electron chi connectivity index (χ2n) is 6.74. The Labute approximate surface area is 159 Å². The topological polar surface area (TPSA) is 105 Å². The smallest absolute Gasteiger partial charge is 0.183 e. The normalized spacial score (nSPS) is 11.1. The minimum absolute atomic E-state index is 0.0205. The van der Waals surface area contributed by atoms with Crippen LogP contribution in [0.15, 0.2) is 48.5 Å². The summed E-state index contributed by atoms with van der Waals surface area (Å²) in [5.41, 5.74) is 12.5. The van der Waals surface area contributed by atoms with E-state index in [9.17, 15) is 9.59 Å². The minimum atomic E-state index is -0.239. The molecule has 0 aliphatic heterocycles. The molecule has 2 rings (SSSR count). The first-order chi connectivity index (χ1) is 12.9. The monoisotopic (exact) mass is 370 g/mol. The summed E-state index contributed by atoms with van der Waals surface area (Å²) in [5.74, 6) is 0.971. The average molecular weight is 370 g/mol. The fourth-order valence-electron chi connectivity index (χ4n) is 2.55. The first-order valence-corrected chi connectivity index (χ1v) is 8.77. The number of carbonyl (C=O) groups excluding carboxylic acids is 2. The Bertz CT molecular complexity index is 702. The molecular formula is C21H26N2O4. The van der Waals surface area contributed by atoms with Crippen LogP contribution in [0.3, 0.4) is 0 Å². The van der Waals surface area contributed by atoms with Crippen LogP contribution in [-0.4, -0.2) is 37.9 Å². The maximum atomic E-state index is 11.2. The van der Waals surface area contributed by atoms with Crippen molar-refractivity contribution in [3.63, 3.8) is 0 Å². The molecule has 0 aliphatic rings. The summed E-state index contributed by atoms with van der Waals surface area (Å²) in [5, 5.41) is 0. The van der Waals surface area contributed by atoms with Gasteiger partial charge < -0.3 is 20.9 Å². The van der Waals surface area contributed by atoms with E-state index < -0.39 is 0 Å². The van der Waals surface area contributed by atoms with E-state index in [-0.39, 0.29) is 43.3 Å². The maximum Gasteiger partial charge on any atom is 0.183 e. The van der Waals surface area contributed by atoms with Crippen LogP contribution in [0.4, 0.5) is 0 Å². The molecular weight excluding hydrogens is 344 g/mol. The van der Waals surface area contributed by atoms with E-state index in [1.807, 2.05) is 48.5 Å². The van der Waals surface area contributed by atoms with Crippen molar-refractivity contribution in [1.29, 1.82) is 0 Å². The van der Waals surface area contributed by atoms with Gasteiger partial charge in [0.25, 0.3) is 0 Å². The fraction of sp³-hybridized carbons (Fsp3) is 0.333. The van der Waals surface area contributed by atoms with Crippen LogP contribution in [0.1, 0.15) is 25.0 Å². The van der Waals surface area contributed by atoms with Gasteiger partial charge in [-0.05, 0) is 35.4 Å². The van der Waals surface area contributed by atoms with E-state index in [1.165, 1.54) is 0 Å². The molecule has 27 heavy (non-hydrogen) atoms. The molecule has 6 heteroatoms. The minimum Gasteiger partial charge on any atom is -0.486 e. The molecule has 0 heterocycles. The summed E-state index contributed by atoms with van der Waals surface area (Å²) in [4.78, 5) is 22.5. The first-order valence-electron chi connectivity index (χ1n) is 8.77. The van der Waals surface area contributed by atoms with Crippen molar-refractivity contribution in [2.75, 3.05) is 26.3 Å². The lowest BCUT2D eigenvalue weighted by atomic mass is 9.78. The van der Waals surface area contributed by atoms with E-state index in [4.69, 9.17) is 20.9 Å². The zero-order valence-electron chi connectivity index (χ0n) is 15.7. The van der Waals surface area contributed by atoms with Crippen LogP contribution in [0, 0.1) is 0 Å². The molecule has 2 aromatic rings. The summed E-state index contributed by atoms with van der Waals surface area (Å²) in [6.45, 7) is 4.15. The third-order valence-electron chi connectivity index (χ3n) is 4.41. The van der Waals surface area contributed by atoms with Crippen molar-refractivity contribution in [3.05, 3.63) is 59.7 Å². The predicted octanol–water partition coefficient (Wildman–Crippen LogP) is 1.83. The maximum absolute atomic E-state index is 11.2. The summed E-state index contributed by atoms with van der Waals surface area (Å²) in [7, 11) is 0. The molecule has 0 saturated heterocycles. The Morgan fingerprint density at radius 2 is 1.07 bits per heavy atom. The average Bonchev–Trinajstić information content (AvgIpc) is 2.70. The molecule has 6 nitrogen and oxygen atoms in total. The fourth-order valence-corrected chi connectivity index (χ4v) is 2.55. The van der Waals surface area contributed by atoms with E-state index in [0.29, 0.717) is 11.5 Å². The molecule has 0 unspecified atom stereocenters. The largest absolute Gasteiger partial charge is 0.486 e. The summed E-state index contributed by atoms with van der Waals surface area (Å²) < 4.78 is 10.8. The van der Waals surface area contributed by atoms with Crippen LogP contribution < -0.4 is 20.9 Å². The highest BCUT2D eigenvalue weighted by atomic mass is 16.5. The molecule has 0 saturated carbocycles. The Hall–Kier alpha value is -2.70. The predicted molar refractivity (Wildman–Crippen MR) is 104 cm³/mol. The number of benzene rings is 2. The summed E-state index contributed by atoms with van der Waals surface area (Å²) >= 11 is 0. The van der Waals surface area contributed by atoms with Crippen LogP contribution in [0.2, 0.25) is 0 Å². The molecule has 0 aromatic heterocycles. The van der Waals surface area contributed by atoms with Gasteiger partial charge in [-0.1, -0.05) is 38.1 Å². The first kappa shape index (κ1) is 20.6. The van der Waals surface area contributed by atoms with Gasteiger partial charge in [0.2, 0.25) is 0 Å². The number of hydrogen-bond acceptors (Lipinski definition) is 6. The molecule has 0 fully saturated rings. The molecule has 0 aliphatic carbocycles. The van der Waals surface area contributed by atoms with Crippen molar-refractivity contribution >= 4 is 11.6 Å². The number of Topliss-reactive ketones (excluding diaryl/α,β-unsaturated/α-hetero) is 2. The Morgan fingerprint density at radius 3 is 1.37 bits per heavy atom. The third-order valence-corrected chi connectivity index (χ3v) is 4.41. The molecule has 0 amide bonds. The quantitative estimate of drug-likeness (QED) is 0.661. The lowest BCUT2D eigenvalue weighted by molar-refractivity contribution is -0.120. The van der Waals surface area contributed by atoms with Gasteiger partial charge in [-0.3, -0.25) is 9.59 Å². The van der Waals surface area contributed by atoms with Gasteiger partial charge in [-0.2, -0.15) is 0 Å². The van der Waals surface area contributed by atoms with Crippen LogP contribution >= 0.6 is 0 Å². The Morgan fingerprint density at radius 1 is 0.741 bits per heavy atom. The van der Waals surface area contributed by atoms with Gasteiger partial charge in [-0.15, -0.1) is 0 Å². The molecule has 2 aromatic carbocycles. The molecule has 0 spiro atoms. The van der Waals surface area contributed by atoms with Crippen molar-refractivity contribution in [1.82, 2.24) is 0 Å². The van der Waals surface area contributed by atoms with Gasteiger partial charge in [0.1, 0.15) is 24.7 Å². The molecule has 4 N–H and O–H groups in total. The standard InChI is InChI=1S/C21H26N2O4/c1-21(2,15-3-7-19(8-4-15)26-13-17(24)11-22)16-5-9-20(10-6-16)27-14-18(25)12-23/h3-10H,11-14,22-23H2,1-2H3. The number of ketones is 2. The lowest BCUT2D eigenvalue weighted by Gasteiger charge is -2.26. The van der Waals surface area contributed by atoms with Crippen molar-refractivity contribution in [2.45, 2.75) is 19.3 Å². The van der Waals surface area contributed by atoms with Gasteiger partial charge in [-0.25, -0.2) is 0 Å². The lowest BCUT2D eigenvalue weighted by Crippen LogP contribution is -2.21. The highest BCUT2D eigenvalue weighted by Gasteiger charge is 2.23. The number of nitrogens with two attached hydrogens (primary N) is 2. The van der Waals surface area contributed by atoms with Crippen LogP contribution in [0.25, 0.3) is 0 Å². The van der Waals surface area contributed by atoms with Gasteiger partial charge in [0, 0.05) is 5.41 Å².